The number of carbonyl (C=O) groups excluding carboxylic acids is 3. The molecule has 2 aliphatic heterocycles. The van der Waals surface area contributed by atoms with Gasteiger partial charge in [0, 0.05) is 31.0 Å². The number of benzene rings is 1. The van der Waals surface area contributed by atoms with Crippen molar-refractivity contribution >= 4 is 17.6 Å². The average molecular weight is 472 g/mol. The molecular formula is C27H41N3O4. The molecule has 3 aliphatic rings. The predicted octanol–water partition coefficient (Wildman–Crippen LogP) is 3.43. The molecule has 0 radical (unpaired) electrons. The lowest BCUT2D eigenvalue weighted by molar-refractivity contribution is -0.132. The summed E-state index contributed by atoms with van der Waals surface area (Å²) in [6, 6.07) is 7.81. The van der Waals surface area contributed by atoms with E-state index in [1.165, 1.54) is 38.5 Å². The Morgan fingerprint density at radius 3 is 2.32 bits per heavy atom. The second-order valence-corrected chi connectivity index (χ2v) is 9.62. The minimum absolute atomic E-state index is 0.00742. The van der Waals surface area contributed by atoms with Gasteiger partial charge in [0.15, 0.2) is 5.78 Å². The monoisotopic (exact) mass is 471 g/mol. The number of ketones is 1. The first kappa shape index (κ1) is 26.4. The molecule has 188 valence electrons. The molecule has 7 nitrogen and oxygen atoms in total. The maximum atomic E-state index is 12.5. The lowest BCUT2D eigenvalue weighted by Crippen LogP contribution is -2.51. The van der Waals surface area contributed by atoms with Crippen molar-refractivity contribution < 1.29 is 19.1 Å². The number of amides is 2. The van der Waals surface area contributed by atoms with Crippen LogP contribution in [-0.4, -0.2) is 67.9 Å². The Morgan fingerprint density at radius 1 is 1.00 bits per heavy atom. The number of piperidine rings is 1. The molecular weight excluding hydrogens is 430 g/mol. The number of hydrogen-bond acceptors (Lipinski definition) is 5. The minimum Gasteiger partial charge on any atom is -0.378 e. The van der Waals surface area contributed by atoms with Crippen molar-refractivity contribution in [3.05, 3.63) is 35.4 Å². The van der Waals surface area contributed by atoms with Gasteiger partial charge in [0.25, 0.3) is 5.91 Å². The first-order valence-electron chi connectivity index (χ1n) is 13.1. The predicted molar refractivity (Wildman–Crippen MR) is 133 cm³/mol. The zero-order chi connectivity index (χ0) is 24.2. The van der Waals surface area contributed by atoms with Crippen LogP contribution in [-0.2, 0) is 14.3 Å². The molecule has 7 heteroatoms. The van der Waals surface area contributed by atoms with E-state index in [2.05, 4.69) is 10.6 Å². The lowest BCUT2D eigenvalue weighted by Gasteiger charge is -2.34. The van der Waals surface area contributed by atoms with Gasteiger partial charge in [-0.1, -0.05) is 57.6 Å². The number of carbonyl (C=O) groups is 3. The zero-order valence-electron chi connectivity index (χ0n) is 20.7. The Labute approximate surface area is 204 Å². The summed E-state index contributed by atoms with van der Waals surface area (Å²) in [5, 5.41) is 5.90. The van der Waals surface area contributed by atoms with Crippen LogP contribution >= 0.6 is 0 Å². The summed E-state index contributed by atoms with van der Waals surface area (Å²) >= 11 is 0. The van der Waals surface area contributed by atoms with Crippen LogP contribution in [0.1, 0.15) is 86.6 Å². The number of ether oxygens (including phenoxy) is 1. The standard InChI is InChI=1S/C21H29N3O4.C6H12/c1-2-19(25)10-23-21(27)16-6-3-5-15(9-16)17-7-4-8-24(12-17)20(26)11-22-18-13-28-14-18;1-2-4-6-5-3-1/h3,5-6,9,17-18,22H,2,4,7-8,10-14H2,1H3,(H,23,27);1-6H2. The molecule has 1 aromatic rings. The Balaban J connectivity index is 0.000000469. The summed E-state index contributed by atoms with van der Waals surface area (Å²) in [4.78, 5) is 38.1. The number of hydrogen-bond donors (Lipinski definition) is 2. The van der Waals surface area contributed by atoms with Gasteiger partial charge in [-0.25, -0.2) is 0 Å². The zero-order valence-corrected chi connectivity index (χ0v) is 20.7. The van der Waals surface area contributed by atoms with E-state index in [1.807, 2.05) is 23.1 Å². The molecule has 1 aromatic carbocycles. The Bertz CT molecular complexity index is 793. The summed E-state index contributed by atoms with van der Waals surface area (Å²) < 4.78 is 5.12. The van der Waals surface area contributed by atoms with Gasteiger partial charge in [-0.2, -0.15) is 0 Å². The van der Waals surface area contributed by atoms with Gasteiger partial charge in [0.05, 0.1) is 32.3 Å². The Hall–Kier alpha value is -2.25. The highest BCUT2D eigenvalue weighted by atomic mass is 16.5. The van der Waals surface area contributed by atoms with Gasteiger partial charge >= 0.3 is 0 Å². The first-order valence-corrected chi connectivity index (χ1v) is 13.1. The van der Waals surface area contributed by atoms with Crippen LogP contribution in [0.25, 0.3) is 0 Å². The largest absolute Gasteiger partial charge is 0.378 e. The fourth-order valence-electron chi connectivity index (χ4n) is 4.57. The van der Waals surface area contributed by atoms with Gasteiger partial charge in [-0.05, 0) is 30.5 Å². The van der Waals surface area contributed by atoms with Crippen LogP contribution in [0.15, 0.2) is 24.3 Å². The van der Waals surface area contributed by atoms with Crippen molar-refractivity contribution in [1.29, 1.82) is 0 Å². The van der Waals surface area contributed by atoms with Crippen LogP contribution in [0.4, 0.5) is 0 Å². The van der Waals surface area contributed by atoms with Crippen molar-refractivity contribution in [1.82, 2.24) is 15.5 Å². The summed E-state index contributed by atoms with van der Waals surface area (Å²) in [6.45, 7) is 4.97. The molecule has 0 bridgehead atoms. The third-order valence-corrected chi connectivity index (χ3v) is 6.91. The van der Waals surface area contributed by atoms with E-state index in [1.54, 1.807) is 13.0 Å². The van der Waals surface area contributed by atoms with Gasteiger partial charge in [-0.15, -0.1) is 0 Å². The van der Waals surface area contributed by atoms with Gasteiger partial charge in [-0.3, -0.25) is 14.4 Å². The second-order valence-electron chi connectivity index (χ2n) is 9.62. The summed E-state index contributed by atoms with van der Waals surface area (Å²) in [6.07, 6.45) is 11.4. The van der Waals surface area contributed by atoms with Crippen LogP contribution in [0.5, 0.6) is 0 Å². The maximum Gasteiger partial charge on any atom is 0.251 e. The van der Waals surface area contributed by atoms with Crippen LogP contribution in [0.3, 0.4) is 0 Å². The molecule has 2 amide bonds. The molecule has 1 aliphatic carbocycles. The Kier molecular flexibility index (Phi) is 11.0. The minimum atomic E-state index is -0.237. The quantitative estimate of drug-likeness (QED) is 0.607. The third kappa shape index (κ3) is 8.51. The second kappa shape index (κ2) is 14.2. The molecule has 1 atom stereocenters. The normalized spacial score (nSPS) is 20.5. The smallest absolute Gasteiger partial charge is 0.251 e. The lowest BCUT2D eigenvalue weighted by atomic mass is 9.89. The van der Waals surface area contributed by atoms with Gasteiger partial charge < -0.3 is 20.3 Å². The van der Waals surface area contributed by atoms with E-state index in [4.69, 9.17) is 4.74 Å². The molecule has 4 rings (SSSR count). The summed E-state index contributed by atoms with van der Waals surface area (Å²) in [5.41, 5.74) is 1.61. The maximum absolute atomic E-state index is 12.5. The van der Waals surface area contributed by atoms with Gasteiger partial charge in [0.2, 0.25) is 5.91 Å². The van der Waals surface area contributed by atoms with Crippen LogP contribution < -0.4 is 10.6 Å². The highest BCUT2D eigenvalue weighted by Crippen LogP contribution is 2.27. The molecule has 0 aromatic heterocycles. The molecule has 1 saturated carbocycles. The Morgan fingerprint density at radius 2 is 1.71 bits per heavy atom. The highest BCUT2D eigenvalue weighted by Gasteiger charge is 2.26. The first-order chi connectivity index (χ1) is 16.6. The number of likely N-dealkylation sites (tertiary alicyclic amines) is 1. The molecule has 2 N–H and O–H groups in total. The molecule has 3 fully saturated rings. The van der Waals surface area contributed by atoms with E-state index in [9.17, 15) is 14.4 Å². The topological polar surface area (TPSA) is 87.7 Å². The fourth-order valence-corrected chi connectivity index (χ4v) is 4.57. The molecule has 0 spiro atoms. The SMILES string of the molecule is C1CCCCC1.CCC(=O)CNC(=O)c1cccc(C2CCCN(C(=O)CNC3COC3)C2)c1. The number of nitrogens with one attached hydrogen (secondary N) is 2. The molecule has 2 saturated heterocycles. The van der Waals surface area contributed by atoms with Crippen molar-refractivity contribution in [2.24, 2.45) is 0 Å². The van der Waals surface area contributed by atoms with E-state index in [0.717, 1.165) is 24.9 Å². The highest BCUT2D eigenvalue weighted by molar-refractivity contribution is 5.96. The van der Waals surface area contributed by atoms with Crippen molar-refractivity contribution in [3.63, 3.8) is 0 Å². The van der Waals surface area contributed by atoms with E-state index < -0.39 is 0 Å². The molecule has 34 heavy (non-hydrogen) atoms. The third-order valence-electron chi connectivity index (χ3n) is 6.91. The molecule has 1 unspecified atom stereocenters. The van der Waals surface area contributed by atoms with Gasteiger partial charge in [0.1, 0.15) is 0 Å². The molecule has 2 heterocycles. The van der Waals surface area contributed by atoms with Crippen LogP contribution in [0, 0.1) is 0 Å². The number of rotatable bonds is 8. The van der Waals surface area contributed by atoms with E-state index in [0.29, 0.717) is 44.3 Å². The van der Waals surface area contributed by atoms with Crippen LogP contribution in [0.2, 0.25) is 0 Å². The van der Waals surface area contributed by atoms with Crippen molar-refractivity contribution in [2.75, 3.05) is 39.4 Å². The number of nitrogens with zero attached hydrogens (tertiary/aromatic N) is 1. The van der Waals surface area contributed by atoms with E-state index >= 15 is 0 Å². The fraction of sp³-hybridized carbons (Fsp3) is 0.667. The van der Waals surface area contributed by atoms with Crippen molar-refractivity contribution in [2.45, 2.75) is 76.7 Å². The van der Waals surface area contributed by atoms with E-state index in [-0.39, 0.29) is 30.1 Å². The number of Topliss-reactive ketones (excluding diaryl/α,β-unsaturated/α-hetero) is 1. The summed E-state index contributed by atoms with van der Waals surface area (Å²) in [5.74, 6) is 0.102. The van der Waals surface area contributed by atoms with Crippen molar-refractivity contribution in [3.8, 4) is 0 Å². The summed E-state index contributed by atoms with van der Waals surface area (Å²) in [7, 11) is 0. The average Bonchev–Trinajstić information content (AvgIpc) is 2.87.